The molecule has 32 heavy (non-hydrogen) atoms. The maximum atomic E-state index is 13.6. The highest BCUT2D eigenvalue weighted by Crippen LogP contribution is 2.34. The molecule has 1 atom stereocenters. The number of fused-ring (bicyclic) bond motifs is 1. The molecule has 0 amide bonds. The Bertz CT molecular complexity index is 1380. The number of rotatable bonds is 4. The first-order chi connectivity index (χ1) is 15.5. The topological polar surface area (TPSA) is 103 Å². The Morgan fingerprint density at radius 1 is 1.16 bits per heavy atom. The van der Waals surface area contributed by atoms with Gasteiger partial charge < -0.3 is 10.8 Å². The second-order valence-electron chi connectivity index (χ2n) is 7.98. The van der Waals surface area contributed by atoms with Gasteiger partial charge in [-0.25, -0.2) is 24.3 Å². The molecule has 0 radical (unpaired) electrons. The Balaban J connectivity index is 1.75. The van der Waals surface area contributed by atoms with Crippen molar-refractivity contribution < 1.29 is 9.50 Å². The molecular formula is C24H21FN6O. The quantitative estimate of drug-likeness (QED) is 0.509. The van der Waals surface area contributed by atoms with E-state index >= 15 is 0 Å². The molecule has 0 spiro atoms. The summed E-state index contributed by atoms with van der Waals surface area (Å²) in [4.78, 5) is 18.4. The van der Waals surface area contributed by atoms with Gasteiger partial charge >= 0.3 is 0 Å². The maximum absolute atomic E-state index is 13.6. The molecule has 7 nitrogen and oxygen atoms in total. The minimum absolute atomic E-state index is 0.0472. The highest BCUT2D eigenvalue weighted by Gasteiger charge is 2.30. The Labute approximate surface area is 183 Å². The molecule has 1 aliphatic rings. The van der Waals surface area contributed by atoms with Gasteiger partial charge in [-0.3, -0.25) is 4.57 Å². The van der Waals surface area contributed by atoms with Crippen LogP contribution in [0.5, 0.6) is 0 Å². The number of aliphatic hydroxyl groups excluding tert-OH is 1. The molecule has 3 N–H and O–H groups in total. The van der Waals surface area contributed by atoms with Crippen LogP contribution < -0.4 is 5.73 Å². The fourth-order valence-electron chi connectivity index (χ4n) is 3.81. The predicted molar refractivity (Wildman–Crippen MR) is 121 cm³/mol. The Morgan fingerprint density at radius 3 is 2.66 bits per heavy atom. The molecule has 0 fully saturated rings. The van der Waals surface area contributed by atoms with Crippen molar-refractivity contribution in [3.63, 3.8) is 0 Å². The summed E-state index contributed by atoms with van der Waals surface area (Å²) in [5, 5.41) is 9.43. The first-order valence-electron chi connectivity index (χ1n) is 10.2. The maximum Gasteiger partial charge on any atom is 0.168 e. The van der Waals surface area contributed by atoms with Crippen LogP contribution in [0.25, 0.3) is 28.2 Å². The molecule has 1 aliphatic carbocycles. The van der Waals surface area contributed by atoms with E-state index in [-0.39, 0.29) is 12.4 Å². The van der Waals surface area contributed by atoms with Crippen molar-refractivity contribution in [3.05, 3.63) is 84.2 Å². The number of allylic oxidation sites excluding steroid dienone is 4. The van der Waals surface area contributed by atoms with Crippen molar-refractivity contribution in [1.82, 2.24) is 24.5 Å². The lowest BCUT2D eigenvalue weighted by Gasteiger charge is -2.25. The van der Waals surface area contributed by atoms with E-state index in [1.165, 1.54) is 6.08 Å². The second-order valence-corrected chi connectivity index (χ2v) is 7.98. The van der Waals surface area contributed by atoms with Gasteiger partial charge in [0.15, 0.2) is 11.5 Å². The third kappa shape index (κ3) is 3.34. The second kappa shape index (κ2) is 7.65. The van der Waals surface area contributed by atoms with Gasteiger partial charge in [0.1, 0.15) is 23.0 Å². The minimum atomic E-state index is -0.535. The molecule has 3 heterocycles. The van der Waals surface area contributed by atoms with Crippen LogP contribution in [0.3, 0.4) is 0 Å². The van der Waals surface area contributed by atoms with Crippen LogP contribution in [0.4, 0.5) is 10.2 Å². The molecule has 3 aromatic heterocycles. The van der Waals surface area contributed by atoms with Crippen LogP contribution in [0.2, 0.25) is 0 Å². The lowest BCUT2D eigenvalue weighted by Crippen LogP contribution is -2.23. The van der Waals surface area contributed by atoms with Crippen molar-refractivity contribution in [3.8, 4) is 17.1 Å². The van der Waals surface area contributed by atoms with E-state index in [1.54, 1.807) is 30.6 Å². The zero-order chi connectivity index (χ0) is 22.3. The van der Waals surface area contributed by atoms with E-state index in [1.807, 2.05) is 41.8 Å². The standard InChI is InChI=1S/C24H21FN6O/c1-24(10-8-16(25)9-11-24)23-28-13-19-22(30-23)31(17-6-4-15(14-32)5-7-17)21(29-19)18-3-2-12-27-20(18)26/h2-10,12-13,32H,11,14H2,1H3,(H2,26,27). The van der Waals surface area contributed by atoms with E-state index in [4.69, 9.17) is 15.7 Å². The van der Waals surface area contributed by atoms with Gasteiger partial charge in [0.05, 0.1) is 18.4 Å². The number of nitrogen functional groups attached to an aromatic ring is 1. The van der Waals surface area contributed by atoms with Crippen LogP contribution in [0.1, 0.15) is 24.7 Å². The van der Waals surface area contributed by atoms with E-state index in [9.17, 15) is 9.50 Å². The number of aliphatic hydroxyl groups is 1. The molecule has 4 aromatic rings. The number of nitrogens with two attached hydrogens (primary N) is 1. The molecule has 160 valence electrons. The molecular weight excluding hydrogens is 407 g/mol. The average Bonchev–Trinajstić information content (AvgIpc) is 3.20. The van der Waals surface area contributed by atoms with Gasteiger partial charge in [0.2, 0.25) is 0 Å². The normalized spacial score (nSPS) is 18.2. The molecule has 5 rings (SSSR count). The molecule has 0 saturated heterocycles. The lowest BCUT2D eigenvalue weighted by atomic mass is 9.82. The Kier molecular flexibility index (Phi) is 4.79. The number of halogens is 1. The third-order valence-corrected chi connectivity index (χ3v) is 5.70. The smallest absolute Gasteiger partial charge is 0.168 e. The number of hydrogen-bond donors (Lipinski definition) is 2. The monoisotopic (exact) mass is 428 g/mol. The van der Waals surface area contributed by atoms with Gasteiger partial charge in [-0.2, -0.15) is 0 Å². The first-order valence-corrected chi connectivity index (χ1v) is 10.2. The fraction of sp³-hybridized carbons (Fsp3) is 0.167. The number of hydrogen-bond acceptors (Lipinski definition) is 6. The third-order valence-electron chi connectivity index (χ3n) is 5.70. The van der Waals surface area contributed by atoms with Crippen LogP contribution in [-0.2, 0) is 12.0 Å². The van der Waals surface area contributed by atoms with E-state index in [0.29, 0.717) is 40.6 Å². The van der Waals surface area contributed by atoms with Crippen LogP contribution >= 0.6 is 0 Å². The van der Waals surface area contributed by atoms with Crippen molar-refractivity contribution in [1.29, 1.82) is 0 Å². The molecule has 1 aromatic carbocycles. The van der Waals surface area contributed by atoms with Gasteiger partial charge in [0, 0.05) is 17.3 Å². The zero-order valence-corrected chi connectivity index (χ0v) is 17.4. The summed E-state index contributed by atoms with van der Waals surface area (Å²) in [5.41, 5.74) is 9.11. The summed E-state index contributed by atoms with van der Waals surface area (Å²) in [6.45, 7) is 1.93. The highest BCUT2D eigenvalue weighted by molar-refractivity contribution is 5.82. The molecule has 0 bridgehead atoms. The van der Waals surface area contributed by atoms with Crippen molar-refractivity contribution in [2.24, 2.45) is 0 Å². The van der Waals surface area contributed by atoms with Crippen LogP contribution in [-0.4, -0.2) is 29.6 Å². The zero-order valence-electron chi connectivity index (χ0n) is 17.4. The molecule has 0 saturated carbocycles. The summed E-state index contributed by atoms with van der Waals surface area (Å²) in [5.74, 6) is 1.26. The van der Waals surface area contributed by atoms with E-state index in [2.05, 4.69) is 9.97 Å². The molecule has 1 unspecified atom stereocenters. The van der Waals surface area contributed by atoms with Crippen LogP contribution in [0.15, 0.2) is 72.8 Å². The van der Waals surface area contributed by atoms with Gasteiger partial charge in [-0.05, 0) is 55.3 Å². The number of anilines is 1. The fourth-order valence-corrected chi connectivity index (χ4v) is 3.81. The summed E-state index contributed by atoms with van der Waals surface area (Å²) in [6.07, 6.45) is 8.55. The lowest BCUT2D eigenvalue weighted by molar-refractivity contribution is 0.282. The molecule has 8 heteroatoms. The van der Waals surface area contributed by atoms with Gasteiger partial charge in [-0.15, -0.1) is 0 Å². The highest BCUT2D eigenvalue weighted by atomic mass is 19.1. The summed E-state index contributed by atoms with van der Waals surface area (Å²) >= 11 is 0. The van der Waals surface area contributed by atoms with Crippen molar-refractivity contribution in [2.75, 3.05) is 5.73 Å². The Morgan fingerprint density at radius 2 is 1.97 bits per heavy atom. The summed E-state index contributed by atoms with van der Waals surface area (Å²) < 4.78 is 15.5. The van der Waals surface area contributed by atoms with Gasteiger partial charge in [0.25, 0.3) is 0 Å². The van der Waals surface area contributed by atoms with Crippen LogP contribution in [0, 0.1) is 0 Å². The molecule has 0 aliphatic heterocycles. The van der Waals surface area contributed by atoms with E-state index in [0.717, 1.165) is 11.3 Å². The number of nitrogens with zero attached hydrogens (tertiary/aromatic N) is 5. The van der Waals surface area contributed by atoms with E-state index < -0.39 is 5.41 Å². The number of benzene rings is 1. The number of imidazole rings is 1. The minimum Gasteiger partial charge on any atom is -0.392 e. The first kappa shape index (κ1) is 20.0. The van der Waals surface area contributed by atoms with Gasteiger partial charge in [-0.1, -0.05) is 18.2 Å². The summed E-state index contributed by atoms with van der Waals surface area (Å²) in [7, 11) is 0. The average molecular weight is 428 g/mol. The summed E-state index contributed by atoms with van der Waals surface area (Å²) in [6, 6.07) is 11.1. The van der Waals surface area contributed by atoms with Crippen molar-refractivity contribution in [2.45, 2.75) is 25.4 Å². The Hall–Kier alpha value is -3.91. The largest absolute Gasteiger partial charge is 0.392 e. The predicted octanol–water partition coefficient (Wildman–Crippen LogP) is 4.02. The number of aromatic nitrogens is 5. The SMILES string of the molecule is CC1(c2ncc3nc(-c4cccnc4N)n(-c4ccc(CO)cc4)c3n2)C=CC(F)=CC1. The number of pyridine rings is 1. The van der Waals surface area contributed by atoms with Crippen molar-refractivity contribution >= 4 is 17.0 Å².